The zero-order chi connectivity index (χ0) is 23.6. The summed E-state index contributed by atoms with van der Waals surface area (Å²) in [6.45, 7) is 5.72. The number of nitrogens with zero attached hydrogens (tertiary/aromatic N) is 4. The molecule has 1 aliphatic rings. The van der Waals surface area contributed by atoms with Gasteiger partial charge in [-0.05, 0) is 30.2 Å². The molecule has 1 fully saturated rings. The van der Waals surface area contributed by atoms with Crippen molar-refractivity contribution in [3.63, 3.8) is 0 Å². The summed E-state index contributed by atoms with van der Waals surface area (Å²) in [5.74, 6) is 1.54. The lowest BCUT2D eigenvalue weighted by Gasteiger charge is -2.26. The van der Waals surface area contributed by atoms with E-state index in [2.05, 4.69) is 25.2 Å². The molecule has 0 unspecified atom stereocenters. The number of hydrogen-bond donors (Lipinski definition) is 2. The number of rotatable bonds is 10. The summed E-state index contributed by atoms with van der Waals surface area (Å²) < 4.78 is 11.2. The summed E-state index contributed by atoms with van der Waals surface area (Å²) in [7, 11) is 0. The highest BCUT2D eigenvalue weighted by Gasteiger charge is 2.11. The molecule has 0 atom stereocenters. The zero-order valence-corrected chi connectivity index (χ0v) is 19.7. The maximum absolute atomic E-state index is 6.45. The van der Waals surface area contributed by atoms with E-state index in [-0.39, 0.29) is 0 Å². The Balaban J connectivity index is 1.35. The van der Waals surface area contributed by atoms with Crippen molar-refractivity contribution in [2.45, 2.75) is 13.0 Å². The van der Waals surface area contributed by atoms with E-state index in [1.807, 2.05) is 42.5 Å². The smallest absolute Gasteiger partial charge is 0.144 e. The number of morpholine rings is 1. The van der Waals surface area contributed by atoms with Crippen LogP contribution >= 0.6 is 11.6 Å². The van der Waals surface area contributed by atoms with Gasteiger partial charge >= 0.3 is 0 Å². The molecule has 0 aliphatic carbocycles. The fourth-order valence-corrected chi connectivity index (χ4v) is 3.81. The van der Waals surface area contributed by atoms with E-state index < -0.39 is 0 Å². The van der Waals surface area contributed by atoms with Crippen LogP contribution in [0.15, 0.2) is 59.9 Å². The van der Waals surface area contributed by atoms with Crippen LogP contribution < -0.4 is 15.8 Å². The van der Waals surface area contributed by atoms with E-state index in [9.17, 15) is 0 Å². The third-order valence-corrected chi connectivity index (χ3v) is 5.73. The molecule has 8 nitrogen and oxygen atoms in total. The van der Waals surface area contributed by atoms with Crippen LogP contribution in [0.4, 0.5) is 17.3 Å². The Morgan fingerprint density at radius 1 is 1.15 bits per heavy atom. The van der Waals surface area contributed by atoms with Crippen LogP contribution in [0, 0.1) is 0 Å². The second kappa shape index (κ2) is 12.3. The molecule has 178 valence electrons. The van der Waals surface area contributed by atoms with Crippen LogP contribution in [0.2, 0.25) is 5.02 Å². The largest absolute Gasteiger partial charge is 0.487 e. The first-order valence-electron chi connectivity index (χ1n) is 11.3. The van der Waals surface area contributed by atoms with E-state index in [4.69, 9.17) is 26.8 Å². The zero-order valence-electron chi connectivity index (χ0n) is 19.0. The number of benzene rings is 2. The van der Waals surface area contributed by atoms with Crippen molar-refractivity contribution >= 4 is 35.1 Å². The Hall–Kier alpha value is -3.20. The van der Waals surface area contributed by atoms with E-state index in [1.165, 1.54) is 6.33 Å². The lowest BCUT2D eigenvalue weighted by atomic mass is 10.2. The van der Waals surface area contributed by atoms with Crippen LogP contribution in [0.25, 0.3) is 0 Å². The highest BCUT2D eigenvalue weighted by molar-refractivity contribution is 6.32. The molecule has 0 radical (unpaired) electrons. The number of ether oxygens (including phenoxy) is 2. The first kappa shape index (κ1) is 23.9. The summed E-state index contributed by atoms with van der Waals surface area (Å²) in [5, 5.41) is 3.76. The lowest BCUT2D eigenvalue weighted by Crippen LogP contribution is -2.37. The molecule has 0 spiro atoms. The molecule has 0 amide bonds. The van der Waals surface area contributed by atoms with Gasteiger partial charge in [-0.3, -0.25) is 9.89 Å². The predicted octanol–water partition coefficient (Wildman–Crippen LogP) is 4.18. The van der Waals surface area contributed by atoms with Gasteiger partial charge in [-0.2, -0.15) is 0 Å². The minimum absolute atomic E-state index is 0.364. The van der Waals surface area contributed by atoms with Gasteiger partial charge in [0.2, 0.25) is 0 Å². The number of nitrogens with one attached hydrogen (secondary N) is 1. The third-order valence-electron chi connectivity index (χ3n) is 5.43. The van der Waals surface area contributed by atoms with E-state index in [1.54, 1.807) is 12.3 Å². The Morgan fingerprint density at radius 3 is 2.76 bits per heavy atom. The van der Waals surface area contributed by atoms with Gasteiger partial charge in [0.1, 0.15) is 30.3 Å². The molecule has 1 saturated heterocycles. The first-order valence-corrected chi connectivity index (χ1v) is 11.7. The maximum atomic E-state index is 6.45. The normalized spacial score (nSPS) is 14.4. The maximum Gasteiger partial charge on any atom is 0.144 e. The number of aliphatic imine (C=N–C) groups is 1. The van der Waals surface area contributed by atoms with Crippen LogP contribution in [0.1, 0.15) is 17.5 Å². The fraction of sp³-hybridized carbons (Fsp3) is 0.320. The van der Waals surface area contributed by atoms with Crippen molar-refractivity contribution in [2.24, 2.45) is 4.99 Å². The van der Waals surface area contributed by atoms with Gasteiger partial charge in [0, 0.05) is 38.1 Å². The van der Waals surface area contributed by atoms with Gasteiger partial charge in [-0.25, -0.2) is 9.97 Å². The second-order valence-corrected chi connectivity index (χ2v) is 8.32. The molecule has 0 saturated carbocycles. The van der Waals surface area contributed by atoms with Gasteiger partial charge in [0.25, 0.3) is 0 Å². The summed E-state index contributed by atoms with van der Waals surface area (Å²) >= 11 is 6.45. The number of hydrogen-bond acceptors (Lipinski definition) is 8. The highest BCUT2D eigenvalue weighted by Crippen LogP contribution is 2.30. The van der Waals surface area contributed by atoms with Crippen molar-refractivity contribution in [3.05, 3.63) is 71.0 Å². The Morgan fingerprint density at radius 2 is 1.97 bits per heavy atom. The van der Waals surface area contributed by atoms with Crippen molar-refractivity contribution in [1.29, 1.82) is 0 Å². The van der Waals surface area contributed by atoms with E-state index >= 15 is 0 Å². The standard InChI is InChI=1S/C25H29ClN6O2/c26-22-15-20(7-8-23(22)34-17-19-5-2-1-3-6-19)31-25-21(24(27)29-18-30-25)16-28-9-4-10-32-11-13-33-14-12-32/h1-3,5-8,15-16,18H,4,9-14,17H2,(H3,27,29,30,31). The summed E-state index contributed by atoms with van der Waals surface area (Å²) in [6, 6.07) is 15.5. The van der Waals surface area contributed by atoms with Crippen LogP contribution in [-0.4, -0.2) is 60.5 Å². The van der Waals surface area contributed by atoms with Gasteiger partial charge in [0.15, 0.2) is 0 Å². The van der Waals surface area contributed by atoms with Crippen molar-refractivity contribution < 1.29 is 9.47 Å². The van der Waals surface area contributed by atoms with E-state index in [0.717, 1.165) is 50.5 Å². The summed E-state index contributed by atoms with van der Waals surface area (Å²) in [6.07, 6.45) is 4.12. The lowest BCUT2D eigenvalue weighted by molar-refractivity contribution is 0.0377. The summed E-state index contributed by atoms with van der Waals surface area (Å²) in [4.78, 5) is 15.4. The third kappa shape index (κ3) is 6.90. The molecule has 3 N–H and O–H groups in total. The SMILES string of the molecule is Nc1ncnc(Nc2ccc(OCc3ccccc3)c(Cl)c2)c1C=NCCCN1CCOCC1. The van der Waals surface area contributed by atoms with Gasteiger partial charge < -0.3 is 20.5 Å². The molecule has 2 aromatic carbocycles. The molecule has 34 heavy (non-hydrogen) atoms. The van der Waals surface area contributed by atoms with Crippen LogP contribution in [0.5, 0.6) is 5.75 Å². The van der Waals surface area contributed by atoms with Gasteiger partial charge in [-0.1, -0.05) is 41.9 Å². The molecule has 3 aromatic rings. The molecule has 2 heterocycles. The van der Waals surface area contributed by atoms with E-state index in [0.29, 0.717) is 41.1 Å². The number of halogens is 1. The molecular formula is C25H29ClN6O2. The molecule has 1 aromatic heterocycles. The Kier molecular flexibility index (Phi) is 8.67. The fourth-order valence-electron chi connectivity index (χ4n) is 3.57. The number of anilines is 3. The first-order chi connectivity index (χ1) is 16.7. The number of nitrogen functional groups attached to an aromatic ring is 1. The molecule has 0 bridgehead atoms. The minimum atomic E-state index is 0.364. The minimum Gasteiger partial charge on any atom is -0.487 e. The van der Waals surface area contributed by atoms with Gasteiger partial charge in [0.05, 0.1) is 23.8 Å². The van der Waals surface area contributed by atoms with Crippen LogP contribution in [0.3, 0.4) is 0 Å². The topological polar surface area (TPSA) is 97.9 Å². The van der Waals surface area contributed by atoms with Crippen LogP contribution in [-0.2, 0) is 11.3 Å². The average Bonchev–Trinajstić information content (AvgIpc) is 2.86. The second-order valence-electron chi connectivity index (χ2n) is 7.91. The molecule has 1 aliphatic heterocycles. The molecule has 4 rings (SSSR count). The molecule has 9 heteroatoms. The van der Waals surface area contributed by atoms with Crippen molar-refractivity contribution in [2.75, 3.05) is 50.4 Å². The predicted molar refractivity (Wildman–Crippen MR) is 136 cm³/mol. The number of aromatic nitrogens is 2. The monoisotopic (exact) mass is 480 g/mol. The van der Waals surface area contributed by atoms with Crippen molar-refractivity contribution in [1.82, 2.24) is 14.9 Å². The Bertz CT molecular complexity index is 1090. The average molecular weight is 481 g/mol. The highest BCUT2D eigenvalue weighted by atomic mass is 35.5. The van der Waals surface area contributed by atoms with Crippen molar-refractivity contribution in [3.8, 4) is 5.75 Å². The van der Waals surface area contributed by atoms with Gasteiger partial charge in [-0.15, -0.1) is 0 Å². The molecular weight excluding hydrogens is 452 g/mol. The quantitative estimate of drug-likeness (QED) is 0.332. The Labute approximate surface area is 204 Å². The number of nitrogens with two attached hydrogens (primary N) is 1. The summed E-state index contributed by atoms with van der Waals surface area (Å²) in [5.41, 5.74) is 8.59.